The summed E-state index contributed by atoms with van der Waals surface area (Å²) in [5.41, 5.74) is 1.83. The smallest absolute Gasteiger partial charge is 0.238 e. The molecule has 0 unspecified atom stereocenters. The normalized spacial score (nSPS) is 16.1. The standard InChI is InChI=1S/C13H19N3O/c1-10-6-7-14-8-12(10)16-13(17)9-15-11-4-2-3-5-11/h6-8,11,15H,2-5,9H2,1H3,(H,16,17). The van der Waals surface area contributed by atoms with E-state index in [0.717, 1.165) is 11.3 Å². The number of nitrogens with one attached hydrogen (secondary N) is 2. The lowest BCUT2D eigenvalue weighted by molar-refractivity contribution is -0.115. The number of rotatable bonds is 4. The van der Waals surface area contributed by atoms with Crippen molar-refractivity contribution >= 4 is 11.6 Å². The number of hydrogen-bond acceptors (Lipinski definition) is 3. The molecule has 1 aromatic heterocycles. The summed E-state index contributed by atoms with van der Waals surface area (Å²) in [4.78, 5) is 15.7. The molecule has 4 heteroatoms. The maximum atomic E-state index is 11.7. The van der Waals surface area contributed by atoms with Crippen molar-refractivity contribution in [1.29, 1.82) is 0 Å². The number of hydrogen-bond donors (Lipinski definition) is 2. The summed E-state index contributed by atoms with van der Waals surface area (Å²) < 4.78 is 0. The van der Waals surface area contributed by atoms with Gasteiger partial charge in [0, 0.05) is 12.2 Å². The van der Waals surface area contributed by atoms with Gasteiger partial charge in [-0.2, -0.15) is 0 Å². The minimum absolute atomic E-state index is 0.00741. The van der Waals surface area contributed by atoms with Gasteiger partial charge >= 0.3 is 0 Å². The van der Waals surface area contributed by atoms with Gasteiger partial charge in [-0.1, -0.05) is 12.8 Å². The minimum Gasteiger partial charge on any atom is -0.323 e. The van der Waals surface area contributed by atoms with Crippen molar-refractivity contribution in [3.8, 4) is 0 Å². The number of carbonyl (C=O) groups is 1. The monoisotopic (exact) mass is 233 g/mol. The Bertz CT molecular complexity index is 386. The van der Waals surface area contributed by atoms with Crippen LogP contribution in [-0.2, 0) is 4.79 Å². The Morgan fingerprint density at radius 2 is 2.24 bits per heavy atom. The third-order valence-corrected chi connectivity index (χ3v) is 3.22. The highest BCUT2D eigenvalue weighted by molar-refractivity contribution is 5.92. The topological polar surface area (TPSA) is 54.0 Å². The fourth-order valence-electron chi connectivity index (χ4n) is 2.16. The summed E-state index contributed by atoms with van der Waals surface area (Å²) in [6.45, 7) is 2.35. The maximum Gasteiger partial charge on any atom is 0.238 e. The molecule has 2 N–H and O–H groups in total. The number of nitrogens with zero attached hydrogens (tertiary/aromatic N) is 1. The van der Waals surface area contributed by atoms with Crippen LogP contribution in [0.25, 0.3) is 0 Å². The van der Waals surface area contributed by atoms with E-state index >= 15 is 0 Å². The lowest BCUT2D eigenvalue weighted by Gasteiger charge is -2.12. The molecule has 1 fully saturated rings. The fraction of sp³-hybridized carbons (Fsp3) is 0.538. The number of aromatic nitrogens is 1. The molecule has 0 spiro atoms. The van der Waals surface area contributed by atoms with Crippen LogP contribution in [0.2, 0.25) is 0 Å². The summed E-state index contributed by atoms with van der Waals surface area (Å²) in [5, 5.41) is 6.16. The molecule has 1 aliphatic carbocycles. The quantitative estimate of drug-likeness (QED) is 0.834. The van der Waals surface area contributed by atoms with E-state index in [2.05, 4.69) is 15.6 Å². The lowest BCUT2D eigenvalue weighted by Crippen LogP contribution is -2.34. The first-order chi connectivity index (χ1) is 8.25. The Hall–Kier alpha value is -1.42. The second-order valence-electron chi connectivity index (χ2n) is 4.60. The van der Waals surface area contributed by atoms with Gasteiger partial charge in [-0.25, -0.2) is 0 Å². The van der Waals surface area contributed by atoms with E-state index in [-0.39, 0.29) is 5.91 Å². The largest absolute Gasteiger partial charge is 0.323 e. The van der Waals surface area contributed by atoms with Crippen LogP contribution in [-0.4, -0.2) is 23.5 Å². The van der Waals surface area contributed by atoms with Crippen molar-refractivity contribution < 1.29 is 4.79 Å². The number of aryl methyl sites for hydroxylation is 1. The van der Waals surface area contributed by atoms with Gasteiger partial charge in [0.25, 0.3) is 0 Å². The number of carbonyl (C=O) groups excluding carboxylic acids is 1. The summed E-state index contributed by atoms with van der Waals surface area (Å²) >= 11 is 0. The molecule has 0 saturated heterocycles. The van der Waals surface area contributed by atoms with Gasteiger partial charge in [-0.05, 0) is 31.4 Å². The molecule has 1 amide bonds. The van der Waals surface area contributed by atoms with E-state index in [9.17, 15) is 4.79 Å². The summed E-state index contributed by atoms with van der Waals surface area (Å²) in [7, 11) is 0. The van der Waals surface area contributed by atoms with Crippen LogP contribution >= 0.6 is 0 Å². The summed E-state index contributed by atoms with van der Waals surface area (Å²) in [5.74, 6) is 0.00741. The molecular weight excluding hydrogens is 214 g/mol. The van der Waals surface area contributed by atoms with E-state index < -0.39 is 0 Å². The molecule has 0 atom stereocenters. The zero-order valence-electron chi connectivity index (χ0n) is 10.2. The van der Waals surface area contributed by atoms with Crippen molar-refractivity contribution in [2.24, 2.45) is 0 Å². The van der Waals surface area contributed by atoms with Crippen molar-refractivity contribution in [2.45, 2.75) is 38.6 Å². The van der Waals surface area contributed by atoms with Crippen molar-refractivity contribution in [3.05, 3.63) is 24.0 Å². The lowest BCUT2D eigenvalue weighted by atomic mass is 10.2. The first-order valence-corrected chi connectivity index (χ1v) is 6.19. The number of pyridine rings is 1. The van der Waals surface area contributed by atoms with E-state index in [4.69, 9.17) is 0 Å². The average molecular weight is 233 g/mol. The summed E-state index contributed by atoms with van der Waals surface area (Å²) in [6, 6.07) is 2.41. The van der Waals surface area contributed by atoms with Gasteiger partial charge in [0.2, 0.25) is 5.91 Å². The van der Waals surface area contributed by atoms with Crippen LogP contribution in [0, 0.1) is 6.92 Å². The Balaban J connectivity index is 1.79. The Kier molecular flexibility index (Phi) is 4.09. The second-order valence-corrected chi connectivity index (χ2v) is 4.60. The SMILES string of the molecule is Cc1ccncc1NC(=O)CNC1CCCC1. The highest BCUT2D eigenvalue weighted by Crippen LogP contribution is 2.17. The van der Waals surface area contributed by atoms with Crippen LogP contribution in [0.3, 0.4) is 0 Å². The zero-order valence-corrected chi connectivity index (χ0v) is 10.2. The van der Waals surface area contributed by atoms with E-state index in [1.807, 2.05) is 13.0 Å². The van der Waals surface area contributed by atoms with Gasteiger partial charge in [-0.3, -0.25) is 9.78 Å². The van der Waals surface area contributed by atoms with Crippen LogP contribution in [0.15, 0.2) is 18.5 Å². The van der Waals surface area contributed by atoms with Gasteiger partial charge in [-0.15, -0.1) is 0 Å². The predicted molar refractivity (Wildman–Crippen MR) is 67.9 cm³/mol. The van der Waals surface area contributed by atoms with Gasteiger partial charge < -0.3 is 10.6 Å². The number of anilines is 1. The molecular formula is C13H19N3O. The van der Waals surface area contributed by atoms with E-state index in [1.54, 1.807) is 12.4 Å². The molecule has 17 heavy (non-hydrogen) atoms. The maximum absolute atomic E-state index is 11.7. The first kappa shape index (κ1) is 12.0. The molecule has 0 aromatic carbocycles. The number of amides is 1. The second kappa shape index (κ2) is 5.77. The fourth-order valence-corrected chi connectivity index (χ4v) is 2.16. The van der Waals surface area contributed by atoms with Crippen molar-refractivity contribution in [2.75, 3.05) is 11.9 Å². The van der Waals surface area contributed by atoms with Gasteiger partial charge in [0.1, 0.15) is 0 Å². The Morgan fingerprint density at radius 1 is 1.47 bits per heavy atom. The van der Waals surface area contributed by atoms with E-state index in [1.165, 1.54) is 25.7 Å². The molecule has 1 saturated carbocycles. The van der Waals surface area contributed by atoms with Gasteiger partial charge in [0.05, 0.1) is 18.4 Å². The van der Waals surface area contributed by atoms with Crippen molar-refractivity contribution in [1.82, 2.24) is 10.3 Å². The van der Waals surface area contributed by atoms with Crippen LogP contribution in [0.5, 0.6) is 0 Å². The summed E-state index contributed by atoms with van der Waals surface area (Å²) in [6.07, 6.45) is 8.35. The van der Waals surface area contributed by atoms with Crippen LogP contribution in [0.4, 0.5) is 5.69 Å². The third-order valence-electron chi connectivity index (χ3n) is 3.22. The average Bonchev–Trinajstić information content (AvgIpc) is 2.82. The van der Waals surface area contributed by atoms with Crippen LogP contribution < -0.4 is 10.6 Å². The molecule has 1 aliphatic rings. The Labute approximate surface area is 102 Å². The van der Waals surface area contributed by atoms with Crippen LogP contribution in [0.1, 0.15) is 31.2 Å². The molecule has 1 aromatic rings. The molecule has 4 nitrogen and oxygen atoms in total. The van der Waals surface area contributed by atoms with E-state index in [0.29, 0.717) is 12.6 Å². The first-order valence-electron chi connectivity index (χ1n) is 6.19. The highest BCUT2D eigenvalue weighted by Gasteiger charge is 2.15. The minimum atomic E-state index is 0.00741. The molecule has 92 valence electrons. The Morgan fingerprint density at radius 3 is 2.94 bits per heavy atom. The van der Waals surface area contributed by atoms with Gasteiger partial charge in [0.15, 0.2) is 0 Å². The zero-order chi connectivity index (χ0) is 12.1. The highest BCUT2D eigenvalue weighted by atomic mass is 16.1. The molecule has 0 aliphatic heterocycles. The predicted octanol–water partition coefficient (Wildman–Crippen LogP) is 1.86. The molecule has 2 rings (SSSR count). The molecule has 1 heterocycles. The third kappa shape index (κ3) is 3.53. The molecule has 0 radical (unpaired) electrons. The van der Waals surface area contributed by atoms with Crippen molar-refractivity contribution in [3.63, 3.8) is 0 Å². The molecule has 0 bridgehead atoms.